The van der Waals surface area contributed by atoms with E-state index in [1.807, 2.05) is 31.2 Å². The van der Waals surface area contributed by atoms with Gasteiger partial charge in [-0.05, 0) is 46.1 Å². The summed E-state index contributed by atoms with van der Waals surface area (Å²) in [4.78, 5) is 0. The van der Waals surface area contributed by atoms with Gasteiger partial charge in [0.2, 0.25) is 0 Å². The number of rotatable bonds is 5. The lowest BCUT2D eigenvalue weighted by Gasteiger charge is -2.06. The molecular formula is C15H14BrN3O2S2. The minimum Gasteiger partial charge on any atom is -0.266 e. The summed E-state index contributed by atoms with van der Waals surface area (Å²) in [5.74, 6) is 0.308. The fourth-order valence-electron chi connectivity index (χ4n) is 2.10. The Labute approximate surface area is 147 Å². The molecular weight excluding hydrogens is 398 g/mol. The van der Waals surface area contributed by atoms with Gasteiger partial charge < -0.3 is 0 Å². The van der Waals surface area contributed by atoms with Crippen LogP contribution in [0, 0.1) is 6.92 Å². The Kier molecular flexibility index (Phi) is 4.56. The number of nitrogens with zero attached hydrogens (tertiary/aromatic N) is 2. The molecule has 0 aliphatic heterocycles. The molecule has 2 heterocycles. The number of sulfonamides is 1. The molecule has 0 bridgehead atoms. The minimum absolute atomic E-state index is 0.248. The number of aromatic nitrogens is 2. The van der Waals surface area contributed by atoms with Crippen LogP contribution in [-0.4, -0.2) is 18.2 Å². The zero-order chi connectivity index (χ0) is 16.4. The van der Waals surface area contributed by atoms with Crippen molar-refractivity contribution in [1.29, 1.82) is 0 Å². The molecule has 23 heavy (non-hydrogen) atoms. The Morgan fingerprint density at radius 3 is 2.70 bits per heavy atom. The predicted octanol–water partition coefficient (Wildman–Crippen LogP) is 3.86. The first-order chi connectivity index (χ1) is 10.9. The fourth-order valence-corrected chi connectivity index (χ4v) is 5.10. The highest BCUT2D eigenvalue weighted by Gasteiger charge is 2.17. The van der Waals surface area contributed by atoms with E-state index in [1.54, 1.807) is 29.1 Å². The Hall–Kier alpha value is -1.64. The smallest absolute Gasteiger partial charge is 0.266 e. The van der Waals surface area contributed by atoms with Crippen LogP contribution in [0.15, 0.2) is 56.7 Å². The van der Waals surface area contributed by atoms with Crippen molar-refractivity contribution in [2.75, 3.05) is 4.72 Å². The molecule has 0 fully saturated rings. The van der Waals surface area contributed by atoms with Crippen molar-refractivity contribution < 1.29 is 8.42 Å². The third-order valence-electron chi connectivity index (χ3n) is 3.29. The summed E-state index contributed by atoms with van der Waals surface area (Å²) in [7, 11) is -3.60. The minimum atomic E-state index is -3.60. The summed E-state index contributed by atoms with van der Waals surface area (Å²) in [5, 5.41) is 4.28. The first-order valence-corrected chi connectivity index (χ1v) is 9.89. The molecule has 120 valence electrons. The van der Waals surface area contributed by atoms with E-state index in [4.69, 9.17) is 0 Å². The molecule has 0 unspecified atom stereocenters. The lowest BCUT2D eigenvalue weighted by Crippen LogP contribution is -2.12. The highest BCUT2D eigenvalue weighted by molar-refractivity contribution is 9.11. The average Bonchev–Trinajstić information content (AvgIpc) is 3.11. The van der Waals surface area contributed by atoms with E-state index in [0.29, 0.717) is 12.4 Å². The lowest BCUT2D eigenvalue weighted by atomic mass is 10.1. The van der Waals surface area contributed by atoms with Crippen molar-refractivity contribution in [2.24, 2.45) is 0 Å². The highest BCUT2D eigenvalue weighted by Crippen LogP contribution is 2.27. The molecule has 3 rings (SSSR count). The second kappa shape index (κ2) is 6.46. The standard InChI is InChI=1S/C15H14BrN3O2S2/c1-11-4-2-3-5-12(11)10-19-9-8-14(17-19)18-23(20,21)15-7-6-13(16)22-15/h2-9H,10H2,1H3,(H,17,18). The third-order valence-corrected chi connectivity index (χ3v) is 6.76. The topological polar surface area (TPSA) is 64.0 Å². The Morgan fingerprint density at radius 1 is 1.22 bits per heavy atom. The quantitative estimate of drug-likeness (QED) is 0.692. The van der Waals surface area contributed by atoms with Crippen LogP contribution in [0.1, 0.15) is 11.1 Å². The van der Waals surface area contributed by atoms with Crippen molar-refractivity contribution in [2.45, 2.75) is 17.7 Å². The summed E-state index contributed by atoms with van der Waals surface area (Å²) in [6, 6.07) is 12.9. The van der Waals surface area contributed by atoms with E-state index in [-0.39, 0.29) is 4.21 Å². The summed E-state index contributed by atoms with van der Waals surface area (Å²) >= 11 is 4.42. The molecule has 8 heteroatoms. The normalized spacial score (nSPS) is 11.6. The van der Waals surface area contributed by atoms with Gasteiger partial charge in [0.05, 0.1) is 10.3 Å². The number of thiophene rings is 1. The molecule has 0 spiro atoms. The van der Waals surface area contributed by atoms with Crippen molar-refractivity contribution >= 4 is 43.1 Å². The molecule has 0 aliphatic rings. The van der Waals surface area contributed by atoms with Gasteiger partial charge in [-0.3, -0.25) is 9.40 Å². The van der Waals surface area contributed by atoms with Crippen LogP contribution in [-0.2, 0) is 16.6 Å². The largest absolute Gasteiger partial charge is 0.272 e. The number of hydrogen-bond donors (Lipinski definition) is 1. The van der Waals surface area contributed by atoms with Gasteiger partial charge in [0.1, 0.15) is 4.21 Å². The third kappa shape index (κ3) is 3.82. The molecule has 0 saturated heterocycles. The second-order valence-corrected chi connectivity index (χ2v) is 9.36. The Bertz CT molecular complexity index is 932. The fraction of sp³-hybridized carbons (Fsp3) is 0.133. The van der Waals surface area contributed by atoms with E-state index in [0.717, 1.165) is 20.7 Å². The number of halogens is 1. The molecule has 1 aromatic carbocycles. The molecule has 2 aromatic heterocycles. The van der Waals surface area contributed by atoms with E-state index in [9.17, 15) is 8.42 Å². The van der Waals surface area contributed by atoms with Crippen molar-refractivity contribution in [3.8, 4) is 0 Å². The zero-order valence-corrected chi connectivity index (χ0v) is 15.5. The zero-order valence-electron chi connectivity index (χ0n) is 12.2. The van der Waals surface area contributed by atoms with Crippen LogP contribution in [0.25, 0.3) is 0 Å². The molecule has 1 N–H and O–H groups in total. The van der Waals surface area contributed by atoms with Gasteiger partial charge in [-0.25, -0.2) is 8.42 Å². The van der Waals surface area contributed by atoms with Gasteiger partial charge in [0, 0.05) is 12.3 Å². The maximum Gasteiger partial charge on any atom is 0.272 e. The summed E-state index contributed by atoms with van der Waals surface area (Å²) in [6.45, 7) is 2.63. The van der Waals surface area contributed by atoms with Crippen LogP contribution in [0.4, 0.5) is 5.82 Å². The molecule has 0 atom stereocenters. The maximum absolute atomic E-state index is 12.3. The van der Waals surface area contributed by atoms with Crippen LogP contribution in [0.5, 0.6) is 0 Å². The van der Waals surface area contributed by atoms with Crippen LogP contribution < -0.4 is 4.72 Å². The summed E-state index contributed by atoms with van der Waals surface area (Å²) < 4.78 is 29.8. The molecule has 0 amide bonds. The van der Waals surface area contributed by atoms with Crippen LogP contribution in [0.2, 0.25) is 0 Å². The first-order valence-electron chi connectivity index (χ1n) is 6.80. The first kappa shape index (κ1) is 16.2. The average molecular weight is 412 g/mol. The number of anilines is 1. The van der Waals surface area contributed by atoms with Gasteiger partial charge >= 0.3 is 0 Å². The van der Waals surface area contributed by atoms with Gasteiger partial charge in [-0.2, -0.15) is 5.10 Å². The highest BCUT2D eigenvalue weighted by atomic mass is 79.9. The van der Waals surface area contributed by atoms with Crippen molar-refractivity contribution in [3.05, 3.63) is 63.6 Å². The van der Waals surface area contributed by atoms with Gasteiger partial charge in [0.15, 0.2) is 5.82 Å². The van der Waals surface area contributed by atoms with E-state index < -0.39 is 10.0 Å². The van der Waals surface area contributed by atoms with Crippen molar-refractivity contribution in [1.82, 2.24) is 9.78 Å². The summed E-state index contributed by atoms with van der Waals surface area (Å²) in [6.07, 6.45) is 1.76. The van der Waals surface area contributed by atoms with Gasteiger partial charge in [0.25, 0.3) is 10.0 Å². The molecule has 3 aromatic rings. The molecule has 5 nitrogen and oxygen atoms in total. The molecule has 0 saturated carbocycles. The molecule has 0 radical (unpaired) electrons. The van der Waals surface area contributed by atoms with Crippen LogP contribution in [0.3, 0.4) is 0 Å². The van der Waals surface area contributed by atoms with Crippen LogP contribution >= 0.6 is 27.3 Å². The number of benzene rings is 1. The van der Waals surface area contributed by atoms with E-state index in [1.165, 1.54) is 5.56 Å². The van der Waals surface area contributed by atoms with Crippen molar-refractivity contribution in [3.63, 3.8) is 0 Å². The number of nitrogens with one attached hydrogen (secondary N) is 1. The lowest BCUT2D eigenvalue weighted by molar-refractivity contribution is 0.602. The SMILES string of the molecule is Cc1ccccc1Cn1ccc(NS(=O)(=O)c2ccc(Br)s2)n1. The second-order valence-electron chi connectivity index (χ2n) is 4.99. The Morgan fingerprint density at radius 2 is 2.00 bits per heavy atom. The number of aryl methyl sites for hydroxylation is 1. The van der Waals surface area contributed by atoms with E-state index in [2.05, 4.69) is 25.8 Å². The predicted molar refractivity (Wildman–Crippen MR) is 95.3 cm³/mol. The Balaban J connectivity index is 1.76. The summed E-state index contributed by atoms with van der Waals surface area (Å²) in [5.41, 5.74) is 2.32. The number of hydrogen-bond acceptors (Lipinski definition) is 4. The van der Waals surface area contributed by atoms with Gasteiger partial charge in [-0.1, -0.05) is 24.3 Å². The maximum atomic E-state index is 12.3. The monoisotopic (exact) mass is 411 g/mol. The molecule has 0 aliphatic carbocycles. The van der Waals surface area contributed by atoms with Gasteiger partial charge in [-0.15, -0.1) is 11.3 Å². The van der Waals surface area contributed by atoms with E-state index >= 15 is 0 Å².